The van der Waals surface area contributed by atoms with Crippen molar-refractivity contribution in [3.63, 3.8) is 0 Å². The molecule has 1 aliphatic carbocycles. The van der Waals surface area contributed by atoms with E-state index in [4.69, 9.17) is 0 Å². The number of hydrogen-bond donors (Lipinski definition) is 1. The highest BCUT2D eigenvalue weighted by atomic mass is 15.2. The lowest BCUT2D eigenvalue weighted by Crippen LogP contribution is -2.43. The molecule has 1 saturated carbocycles. The van der Waals surface area contributed by atoms with Crippen LogP contribution in [-0.4, -0.2) is 37.1 Å². The second-order valence-corrected chi connectivity index (χ2v) is 5.85. The first-order chi connectivity index (χ1) is 6.97. The molecule has 1 unspecified atom stereocenters. The molecule has 0 bridgehead atoms. The van der Waals surface area contributed by atoms with Gasteiger partial charge in [-0.1, -0.05) is 27.7 Å². The Hall–Kier alpha value is -0.0800. The zero-order valence-electron chi connectivity index (χ0n) is 11.1. The van der Waals surface area contributed by atoms with E-state index in [2.05, 4.69) is 45.0 Å². The van der Waals surface area contributed by atoms with Crippen molar-refractivity contribution in [2.45, 2.75) is 59.0 Å². The van der Waals surface area contributed by atoms with Crippen molar-refractivity contribution < 1.29 is 0 Å². The molecule has 0 amide bonds. The Morgan fingerprint density at radius 1 is 1.40 bits per heavy atom. The summed E-state index contributed by atoms with van der Waals surface area (Å²) in [6.07, 6.45) is 4.07. The third-order valence-electron chi connectivity index (χ3n) is 3.59. The quantitative estimate of drug-likeness (QED) is 0.697. The smallest absolute Gasteiger partial charge is 0.00936 e. The molecular weight excluding hydrogens is 184 g/mol. The first kappa shape index (κ1) is 13.0. The second kappa shape index (κ2) is 5.31. The number of nitrogens with one attached hydrogen (secondary N) is 1. The molecule has 0 radical (unpaired) electrons. The van der Waals surface area contributed by atoms with E-state index in [1.165, 1.54) is 25.8 Å². The molecule has 0 saturated heterocycles. The fraction of sp³-hybridized carbons (Fsp3) is 1.00. The van der Waals surface area contributed by atoms with E-state index < -0.39 is 0 Å². The van der Waals surface area contributed by atoms with Crippen molar-refractivity contribution in [2.75, 3.05) is 20.1 Å². The summed E-state index contributed by atoms with van der Waals surface area (Å²) in [6.45, 7) is 11.5. The van der Waals surface area contributed by atoms with Crippen LogP contribution in [0.5, 0.6) is 0 Å². The van der Waals surface area contributed by atoms with E-state index >= 15 is 0 Å². The minimum atomic E-state index is 0.432. The van der Waals surface area contributed by atoms with Crippen LogP contribution in [0.25, 0.3) is 0 Å². The fourth-order valence-electron chi connectivity index (χ4n) is 1.99. The zero-order valence-corrected chi connectivity index (χ0v) is 11.1. The molecule has 0 heterocycles. The molecule has 1 rings (SSSR count). The van der Waals surface area contributed by atoms with Crippen LogP contribution < -0.4 is 5.32 Å². The molecule has 1 aliphatic rings. The molecule has 1 fully saturated rings. The van der Waals surface area contributed by atoms with E-state index in [1.807, 2.05) is 0 Å². The minimum absolute atomic E-state index is 0.432. The normalized spacial score (nSPS) is 21.0. The topological polar surface area (TPSA) is 15.3 Å². The first-order valence-electron chi connectivity index (χ1n) is 6.40. The van der Waals surface area contributed by atoms with Crippen LogP contribution in [0.3, 0.4) is 0 Å². The van der Waals surface area contributed by atoms with Crippen LogP contribution in [-0.2, 0) is 0 Å². The Labute approximate surface area is 95.4 Å². The molecule has 0 aliphatic heterocycles. The molecule has 15 heavy (non-hydrogen) atoms. The van der Waals surface area contributed by atoms with Gasteiger partial charge in [0.05, 0.1) is 0 Å². The van der Waals surface area contributed by atoms with Crippen molar-refractivity contribution in [1.82, 2.24) is 10.2 Å². The van der Waals surface area contributed by atoms with Crippen LogP contribution in [0.1, 0.15) is 47.0 Å². The van der Waals surface area contributed by atoms with Crippen molar-refractivity contribution in [3.8, 4) is 0 Å². The molecule has 0 aromatic rings. The van der Waals surface area contributed by atoms with Crippen molar-refractivity contribution in [3.05, 3.63) is 0 Å². The maximum Gasteiger partial charge on any atom is 0.00936 e. The monoisotopic (exact) mass is 212 g/mol. The summed E-state index contributed by atoms with van der Waals surface area (Å²) in [5.74, 6) is 0. The second-order valence-electron chi connectivity index (χ2n) is 5.85. The molecule has 1 atom stereocenters. The van der Waals surface area contributed by atoms with Crippen molar-refractivity contribution in [1.29, 1.82) is 0 Å². The van der Waals surface area contributed by atoms with Gasteiger partial charge in [-0.15, -0.1) is 0 Å². The summed E-state index contributed by atoms with van der Waals surface area (Å²) < 4.78 is 0. The summed E-state index contributed by atoms with van der Waals surface area (Å²) >= 11 is 0. The van der Waals surface area contributed by atoms with Gasteiger partial charge in [-0.25, -0.2) is 0 Å². The van der Waals surface area contributed by atoms with Gasteiger partial charge in [-0.3, -0.25) is 0 Å². The minimum Gasteiger partial charge on any atom is -0.314 e. The Morgan fingerprint density at radius 2 is 2.00 bits per heavy atom. The van der Waals surface area contributed by atoms with Crippen LogP contribution >= 0.6 is 0 Å². The largest absolute Gasteiger partial charge is 0.314 e. The lowest BCUT2D eigenvalue weighted by Gasteiger charge is -2.34. The zero-order chi connectivity index (χ0) is 11.5. The van der Waals surface area contributed by atoms with Gasteiger partial charge < -0.3 is 10.2 Å². The predicted octanol–water partition coefficient (Wildman–Crippen LogP) is 2.49. The number of rotatable bonds is 7. The Balaban J connectivity index is 2.35. The molecule has 2 heteroatoms. The van der Waals surface area contributed by atoms with E-state index in [0.717, 1.165) is 12.6 Å². The van der Waals surface area contributed by atoms with E-state index in [1.54, 1.807) is 0 Å². The Kier molecular flexibility index (Phi) is 4.60. The average molecular weight is 212 g/mol. The van der Waals surface area contributed by atoms with Crippen LogP contribution in [0.2, 0.25) is 0 Å². The molecule has 0 aromatic carbocycles. The first-order valence-corrected chi connectivity index (χ1v) is 6.40. The highest BCUT2D eigenvalue weighted by Gasteiger charge is 2.31. The summed E-state index contributed by atoms with van der Waals surface area (Å²) in [5.41, 5.74) is 0.432. The van der Waals surface area contributed by atoms with Gasteiger partial charge in [0.2, 0.25) is 0 Å². The summed E-state index contributed by atoms with van der Waals surface area (Å²) in [4.78, 5) is 2.55. The van der Waals surface area contributed by atoms with Crippen LogP contribution in [0.15, 0.2) is 0 Å². The van der Waals surface area contributed by atoms with Gasteiger partial charge in [0.25, 0.3) is 0 Å². The number of nitrogens with zero attached hydrogens (tertiary/aromatic N) is 1. The van der Waals surface area contributed by atoms with Gasteiger partial charge in [-0.2, -0.15) is 0 Å². The van der Waals surface area contributed by atoms with Crippen LogP contribution in [0.4, 0.5) is 0 Å². The third-order valence-corrected chi connectivity index (χ3v) is 3.59. The summed E-state index contributed by atoms with van der Waals surface area (Å²) in [5, 5.41) is 3.58. The van der Waals surface area contributed by atoms with Gasteiger partial charge in [0.15, 0.2) is 0 Å². The lowest BCUT2D eigenvalue weighted by molar-refractivity contribution is 0.171. The predicted molar refractivity (Wildman–Crippen MR) is 67.2 cm³/mol. The van der Waals surface area contributed by atoms with Gasteiger partial charge in [-0.05, 0) is 31.7 Å². The van der Waals surface area contributed by atoms with Crippen molar-refractivity contribution >= 4 is 0 Å². The molecule has 1 N–H and O–H groups in total. The van der Waals surface area contributed by atoms with Gasteiger partial charge >= 0.3 is 0 Å². The van der Waals surface area contributed by atoms with Gasteiger partial charge in [0.1, 0.15) is 0 Å². The lowest BCUT2D eigenvalue weighted by atomic mass is 9.86. The Bertz CT molecular complexity index is 187. The highest BCUT2D eigenvalue weighted by molar-refractivity contribution is 4.87. The van der Waals surface area contributed by atoms with E-state index in [9.17, 15) is 0 Å². The highest BCUT2D eigenvalue weighted by Crippen LogP contribution is 2.30. The average Bonchev–Trinajstić information content (AvgIpc) is 2.98. The molecule has 90 valence electrons. The fourth-order valence-corrected chi connectivity index (χ4v) is 1.99. The van der Waals surface area contributed by atoms with Gasteiger partial charge in [0, 0.05) is 25.2 Å². The third kappa shape index (κ3) is 4.52. The summed E-state index contributed by atoms with van der Waals surface area (Å²) in [6, 6.07) is 1.48. The molecule has 0 aromatic heterocycles. The van der Waals surface area contributed by atoms with Crippen LogP contribution in [0, 0.1) is 5.41 Å². The molecule has 0 spiro atoms. The summed E-state index contributed by atoms with van der Waals surface area (Å²) in [7, 11) is 2.28. The Morgan fingerprint density at radius 3 is 2.40 bits per heavy atom. The van der Waals surface area contributed by atoms with E-state index in [-0.39, 0.29) is 0 Å². The molecule has 2 nitrogen and oxygen atoms in total. The van der Waals surface area contributed by atoms with E-state index in [0.29, 0.717) is 11.5 Å². The number of hydrogen-bond acceptors (Lipinski definition) is 2. The maximum atomic E-state index is 3.58. The maximum absolute atomic E-state index is 3.58. The SMILES string of the molecule is CCC(C)(CNC(C)C)CN(C)C1CC1. The molecular formula is C13H28N2. The standard InChI is InChI=1S/C13H28N2/c1-6-13(4,9-14-11(2)3)10-15(5)12-7-8-12/h11-12,14H,6-10H2,1-5H3. The van der Waals surface area contributed by atoms with Crippen molar-refractivity contribution in [2.24, 2.45) is 5.41 Å².